The monoisotopic (exact) mass is 393 g/mol. The Bertz CT molecular complexity index is 1090. The van der Waals surface area contributed by atoms with E-state index in [1.165, 1.54) is 0 Å². The van der Waals surface area contributed by atoms with Gasteiger partial charge < -0.3 is 9.80 Å². The molecule has 152 valence electrons. The fourth-order valence-corrected chi connectivity index (χ4v) is 4.21. The molecule has 0 N–H and O–H groups in total. The molecule has 0 atom stereocenters. The van der Waals surface area contributed by atoms with Crippen molar-refractivity contribution in [1.29, 1.82) is 0 Å². The Morgan fingerprint density at radius 1 is 1.03 bits per heavy atom. The van der Waals surface area contributed by atoms with Crippen molar-refractivity contribution in [2.75, 3.05) is 26.2 Å². The standard InChI is InChI=1S/C22H27N5O2/c1-15-18(9-10-21(29)26-12-6-11-25(13-14-26)17(3)28)16(2)27-22(23-15)19-7-4-5-8-20(19)24-27/h4-5,7-8H,6,9-14H2,1-3H3. The van der Waals surface area contributed by atoms with Crippen molar-refractivity contribution in [2.24, 2.45) is 0 Å². The number of benzene rings is 1. The molecule has 3 heterocycles. The number of carbonyl (C=O) groups is 2. The van der Waals surface area contributed by atoms with Gasteiger partial charge in [-0.25, -0.2) is 9.50 Å². The summed E-state index contributed by atoms with van der Waals surface area (Å²) in [6, 6.07) is 8.00. The lowest BCUT2D eigenvalue weighted by Crippen LogP contribution is -2.36. The third-order valence-corrected chi connectivity index (χ3v) is 5.90. The topological polar surface area (TPSA) is 70.8 Å². The van der Waals surface area contributed by atoms with Crippen LogP contribution in [-0.4, -0.2) is 62.4 Å². The Kier molecular flexibility index (Phi) is 5.22. The molecule has 0 saturated carbocycles. The molecule has 2 amide bonds. The van der Waals surface area contributed by atoms with Crippen LogP contribution in [-0.2, 0) is 16.0 Å². The van der Waals surface area contributed by atoms with Crippen molar-refractivity contribution in [2.45, 2.75) is 40.0 Å². The minimum absolute atomic E-state index is 0.0801. The van der Waals surface area contributed by atoms with Gasteiger partial charge in [0.05, 0.1) is 5.52 Å². The highest BCUT2D eigenvalue weighted by Crippen LogP contribution is 2.23. The van der Waals surface area contributed by atoms with Crippen molar-refractivity contribution < 1.29 is 9.59 Å². The molecule has 2 aromatic heterocycles. The molecule has 1 saturated heterocycles. The summed E-state index contributed by atoms with van der Waals surface area (Å²) in [6.45, 7) is 8.30. The average molecular weight is 393 g/mol. The normalized spacial score (nSPS) is 15.1. The molecule has 3 aromatic rings. The molecule has 0 aliphatic carbocycles. The van der Waals surface area contributed by atoms with Crippen LogP contribution in [0.15, 0.2) is 24.3 Å². The average Bonchev–Trinajstić information content (AvgIpc) is 2.89. The zero-order valence-electron chi connectivity index (χ0n) is 17.3. The number of rotatable bonds is 3. The quantitative estimate of drug-likeness (QED) is 0.686. The number of amides is 2. The number of aryl methyl sites for hydroxylation is 2. The van der Waals surface area contributed by atoms with Gasteiger partial charge in [0.2, 0.25) is 11.8 Å². The van der Waals surface area contributed by atoms with E-state index >= 15 is 0 Å². The van der Waals surface area contributed by atoms with Gasteiger partial charge >= 0.3 is 0 Å². The molecule has 1 aromatic carbocycles. The largest absolute Gasteiger partial charge is 0.341 e. The number of hydrogen-bond acceptors (Lipinski definition) is 4. The second kappa shape index (κ2) is 7.81. The molecule has 29 heavy (non-hydrogen) atoms. The number of carbonyl (C=O) groups excluding carboxylic acids is 2. The number of nitrogens with zero attached hydrogens (tertiary/aromatic N) is 5. The lowest BCUT2D eigenvalue weighted by Gasteiger charge is -2.21. The summed E-state index contributed by atoms with van der Waals surface area (Å²) in [6.07, 6.45) is 1.91. The molecule has 1 aliphatic rings. The van der Waals surface area contributed by atoms with Crippen LogP contribution in [0.2, 0.25) is 0 Å². The molecule has 1 aliphatic heterocycles. The highest BCUT2D eigenvalue weighted by Gasteiger charge is 2.21. The summed E-state index contributed by atoms with van der Waals surface area (Å²) in [7, 11) is 0. The van der Waals surface area contributed by atoms with Crippen LogP contribution in [0.3, 0.4) is 0 Å². The summed E-state index contributed by atoms with van der Waals surface area (Å²) >= 11 is 0. The number of fused-ring (bicyclic) bond motifs is 3. The first kappa shape index (κ1) is 19.4. The van der Waals surface area contributed by atoms with Crippen LogP contribution >= 0.6 is 0 Å². The van der Waals surface area contributed by atoms with E-state index in [4.69, 9.17) is 10.1 Å². The van der Waals surface area contributed by atoms with Crippen LogP contribution in [0.5, 0.6) is 0 Å². The highest BCUT2D eigenvalue weighted by molar-refractivity contribution is 5.92. The van der Waals surface area contributed by atoms with E-state index < -0.39 is 0 Å². The van der Waals surface area contributed by atoms with E-state index in [2.05, 4.69) is 0 Å². The van der Waals surface area contributed by atoms with Gasteiger partial charge in [-0.3, -0.25) is 9.59 Å². The van der Waals surface area contributed by atoms with E-state index in [9.17, 15) is 9.59 Å². The van der Waals surface area contributed by atoms with Gasteiger partial charge in [0.15, 0.2) is 5.65 Å². The molecule has 7 nitrogen and oxygen atoms in total. The summed E-state index contributed by atoms with van der Waals surface area (Å²) in [5.41, 5.74) is 4.86. The van der Waals surface area contributed by atoms with E-state index in [1.807, 2.05) is 52.4 Å². The highest BCUT2D eigenvalue weighted by atomic mass is 16.2. The van der Waals surface area contributed by atoms with Gasteiger partial charge in [-0.1, -0.05) is 12.1 Å². The molecule has 4 rings (SSSR count). The zero-order valence-corrected chi connectivity index (χ0v) is 17.3. The predicted octanol–water partition coefficient (Wildman–Crippen LogP) is 2.51. The van der Waals surface area contributed by atoms with Crippen LogP contribution in [0.25, 0.3) is 16.6 Å². The zero-order chi connectivity index (χ0) is 20.5. The van der Waals surface area contributed by atoms with Crippen LogP contribution in [0.1, 0.15) is 36.7 Å². The molecular formula is C22H27N5O2. The third-order valence-electron chi connectivity index (χ3n) is 5.90. The van der Waals surface area contributed by atoms with Crippen molar-refractivity contribution in [3.8, 4) is 0 Å². The lowest BCUT2D eigenvalue weighted by atomic mass is 10.1. The molecule has 0 bridgehead atoms. The fourth-order valence-electron chi connectivity index (χ4n) is 4.21. The lowest BCUT2D eigenvalue weighted by molar-refractivity contribution is -0.132. The van der Waals surface area contributed by atoms with Crippen LogP contribution < -0.4 is 0 Å². The van der Waals surface area contributed by atoms with E-state index in [-0.39, 0.29) is 11.8 Å². The molecule has 1 fully saturated rings. The van der Waals surface area contributed by atoms with E-state index in [1.54, 1.807) is 6.92 Å². The van der Waals surface area contributed by atoms with Crippen molar-refractivity contribution in [1.82, 2.24) is 24.4 Å². The second-order valence-corrected chi connectivity index (χ2v) is 7.75. The molecule has 0 unspecified atom stereocenters. The van der Waals surface area contributed by atoms with Gasteiger partial charge in [0, 0.05) is 56.3 Å². The smallest absolute Gasteiger partial charge is 0.222 e. The number of hydrogen-bond donors (Lipinski definition) is 0. The van der Waals surface area contributed by atoms with Gasteiger partial charge in [0.1, 0.15) is 0 Å². The summed E-state index contributed by atoms with van der Waals surface area (Å²) < 4.78 is 1.90. The third kappa shape index (κ3) is 3.69. The predicted molar refractivity (Wildman–Crippen MR) is 112 cm³/mol. The summed E-state index contributed by atoms with van der Waals surface area (Å²) in [4.78, 5) is 32.9. The molecule has 7 heteroatoms. The van der Waals surface area contributed by atoms with Gasteiger partial charge in [-0.15, -0.1) is 0 Å². The maximum absolute atomic E-state index is 12.8. The minimum Gasteiger partial charge on any atom is -0.341 e. The molecular weight excluding hydrogens is 366 g/mol. The minimum atomic E-state index is 0.0801. The SMILES string of the molecule is CC(=O)N1CCCN(C(=O)CCc2c(C)nc3c4ccccc4nn3c2C)CC1. The van der Waals surface area contributed by atoms with Crippen molar-refractivity contribution in [3.63, 3.8) is 0 Å². The Morgan fingerprint density at radius 2 is 1.76 bits per heavy atom. The first-order valence-corrected chi connectivity index (χ1v) is 10.2. The van der Waals surface area contributed by atoms with Crippen LogP contribution in [0.4, 0.5) is 0 Å². The first-order valence-electron chi connectivity index (χ1n) is 10.2. The van der Waals surface area contributed by atoms with Crippen molar-refractivity contribution in [3.05, 3.63) is 41.2 Å². The maximum Gasteiger partial charge on any atom is 0.222 e. The van der Waals surface area contributed by atoms with Gasteiger partial charge in [0.25, 0.3) is 0 Å². The Morgan fingerprint density at radius 3 is 2.55 bits per heavy atom. The second-order valence-electron chi connectivity index (χ2n) is 7.75. The van der Waals surface area contributed by atoms with Gasteiger partial charge in [-0.2, -0.15) is 5.10 Å². The van der Waals surface area contributed by atoms with Gasteiger partial charge in [-0.05, 0) is 44.4 Å². The summed E-state index contributed by atoms with van der Waals surface area (Å²) in [5.74, 6) is 0.219. The molecule has 0 spiro atoms. The van der Waals surface area contributed by atoms with Crippen LogP contribution in [0, 0.1) is 13.8 Å². The molecule has 0 radical (unpaired) electrons. The Balaban J connectivity index is 1.51. The first-order chi connectivity index (χ1) is 14.0. The fraction of sp³-hybridized carbons (Fsp3) is 0.455. The Labute approximate surface area is 170 Å². The maximum atomic E-state index is 12.8. The Hall–Kier alpha value is -2.96. The van der Waals surface area contributed by atoms with Crippen molar-refractivity contribution >= 4 is 28.4 Å². The van der Waals surface area contributed by atoms with E-state index in [0.717, 1.165) is 46.5 Å². The summed E-state index contributed by atoms with van der Waals surface area (Å²) in [5, 5.41) is 5.73. The number of aromatic nitrogens is 3. The van der Waals surface area contributed by atoms with E-state index in [0.29, 0.717) is 32.5 Å².